The van der Waals surface area contributed by atoms with Gasteiger partial charge in [0.25, 0.3) is 0 Å². The fourth-order valence-electron chi connectivity index (χ4n) is 2.34. The van der Waals surface area contributed by atoms with Crippen molar-refractivity contribution < 1.29 is 13.9 Å². The van der Waals surface area contributed by atoms with Crippen LogP contribution >= 0.6 is 0 Å². The number of hydrogen-bond donors (Lipinski definition) is 1. The molecule has 6 nitrogen and oxygen atoms in total. The molecule has 0 atom stereocenters. The van der Waals surface area contributed by atoms with E-state index < -0.39 is 0 Å². The predicted molar refractivity (Wildman–Crippen MR) is 88.4 cm³/mol. The summed E-state index contributed by atoms with van der Waals surface area (Å²) < 4.78 is 24.2. The maximum atomic E-state index is 13.3. The van der Waals surface area contributed by atoms with Gasteiger partial charge in [-0.1, -0.05) is 12.1 Å². The van der Waals surface area contributed by atoms with Crippen LogP contribution in [-0.4, -0.2) is 42.1 Å². The summed E-state index contributed by atoms with van der Waals surface area (Å²) >= 11 is 0. The monoisotopic (exact) mass is 330 g/mol. The number of nitrogens with zero attached hydrogens (tertiary/aromatic N) is 3. The summed E-state index contributed by atoms with van der Waals surface area (Å²) in [4.78, 5) is 10.6. The molecule has 1 fully saturated rings. The molecule has 126 valence electrons. The van der Waals surface area contributed by atoms with E-state index in [2.05, 4.69) is 9.98 Å². The number of aromatic nitrogens is 1. The Bertz CT molecular complexity index is 717. The summed E-state index contributed by atoms with van der Waals surface area (Å²) in [5, 5.41) is 0. The van der Waals surface area contributed by atoms with Crippen molar-refractivity contribution in [2.75, 3.05) is 26.3 Å². The molecule has 7 heteroatoms. The number of halogens is 1. The number of guanidine groups is 1. The largest absolute Gasteiger partial charge is 0.439 e. The summed E-state index contributed by atoms with van der Waals surface area (Å²) in [5.74, 6) is 0.889. The Labute approximate surface area is 139 Å². The molecule has 0 amide bonds. The first-order chi connectivity index (χ1) is 11.7. The molecule has 2 N–H and O–H groups in total. The van der Waals surface area contributed by atoms with Crippen molar-refractivity contribution in [1.82, 2.24) is 9.88 Å². The number of hydrogen-bond acceptors (Lipinski definition) is 4. The first kappa shape index (κ1) is 16.2. The molecule has 1 aliphatic rings. The molecule has 0 radical (unpaired) electrons. The smallest absolute Gasteiger partial charge is 0.224 e. The van der Waals surface area contributed by atoms with Crippen LogP contribution in [0.25, 0.3) is 0 Å². The van der Waals surface area contributed by atoms with Crippen molar-refractivity contribution in [3.05, 3.63) is 54.0 Å². The summed E-state index contributed by atoms with van der Waals surface area (Å²) in [5.41, 5.74) is 6.80. The molecule has 0 spiro atoms. The Hall–Kier alpha value is -2.67. The lowest BCUT2D eigenvalue weighted by Gasteiger charge is -2.27. The third-order valence-electron chi connectivity index (χ3n) is 3.61. The fourth-order valence-corrected chi connectivity index (χ4v) is 2.34. The second-order valence-electron chi connectivity index (χ2n) is 5.30. The molecular formula is C17H19FN4O2. The lowest BCUT2D eigenvalue weighted by Crippen LogP contribution is -2.44. The van der Waals surface area contributed by atoms with Gasteiger partial charge in [0.2, 0.25) is 5.88 Å². The van der Waals surface area contributed by atoms with Gasteiger partial charge in [-0.05, 0) is 18.2 Å². The Morgan fingerprint density at radius 2 is 2.12 bits per heavy atom. The summed E-state index contributed by atoms with van der Waals surface area (Å²) in [6.07, 6.45) is 1.62. The summed E-state index contributed by atoms with van der Waals surface area (Å²) in [6.45, 7) is 3.10. The number of morpholine rings is 1. The third-order valence-corrected chi connectivity index (χ3v) is 3.61. The molecule has 0 unspecified atom stereocenters. The molecule has 0 aliphatic carbocycles. The molecule has 24 heavy (non-hydrogen) atoms. The van der Waals surface area contributed by atoms with Gasteiger partial charge in [0.15, 0.2) is 5.96 Å². The zero-order valence-electron chi connectivity index (χ0n) is 13.2. The third kappa shape index (κ3) is 4.20. The van der Waals surface area contributed by atoms with E-state index in [1.807, 2.05) is 11.0 Å². The van der Waals surface area contributed by atoms with Crippen LogP contribution in [0.3, 0.4) is 0 Å². The standard InChI is InChI=1S/C17H19FN4O2/c18-14-4-1-5-15(11-14)24-16-13(3-2-6-20-16)12-21-17(19)22-7-9-23-10-8-22/h1-6,11H,7-10,12H2,(H2,19,21). The average Bonchev–Trinajstić information content (AvgIpc) is 2.61. The second-order valence-corrected chi connectivity index (χ2v) is 5.30. The van der Waals surface area contributed by atoms with E-state index in [1.165, 1.54) is 12.1 Å². The molecule has 2 aromatic rings. The van der Waals surface area contributed by atoms with Crippen molar-refractivity contribution in [2.24, 2.45) is 10.7 Å². The Morgan fingerprint density at radius 3 is 2.92 bits per heavy atom. The number of nitrogens with two attached hydrogens (primary N) is 1. The van der Waals surface area contributed by atoms with Crippen LogP contribution < -0.4 is 10.5 Å². The van der Waals surface area contributed by atoms with E-state index in [0.717, 1.165) is 18.7 Å². The van der Waals surface area contributed by atoms with Crippen molar-refractivity contribution in [1.29, 1.82) is 0 Å². The van der Waals surface area contributed by atoms with Gasteiger partial charge in [-0.25, -0.2) is 14.4 Å². The number of aliphatic imine (C=N–C) groups is 1. The minimum absolute atomic E-state index is 0.335. The molecule has 1 aliphatic heterocycles. The number of pyridine rings is 1. The van der Waals surface area contributed by atoms with E-state index in [0.29, 0.717) is 37.3 Å². The van der Waals surface area contributed by atoms with Crippen LogP contribution in [-0.2, 0) is 11.3 Å². The molecular weight excluding hydrogens is 311 g/mol. The highest BCUT2D eigenvalue weighted by molar-refractivity contribution is 5.78. The zero-order chi connectivity index (χ0) is 16.8. The van der Waals surface area contributed by atoms with Crippen LogP contribution in [0.2, 0.25) is 0 Å². The van der Waals surface area contributed by atoms with Crippen LogP contribution in [0.5, 0.6) is 11.6 Å². The normalized spacial score (nSPS) is 15.4. The number of rotatable bonds is 4. The van der Waals surface area contributed by atoms with Crippen LogP contribution in [0.4, 0.5) is 4.39 Å². The van der Waals surface area contributed by atoms with Crippen LogP contribution in [0.1, 0.15) is 5.56 Å². The minimum Gasteiger partial charge on any atom is -0.439 e. The number of ether oxygens (including phenoxy) is 2. The van der Waals surface area contributed by atoms with Gasteiger partial charge in [0.05, 0.1) is 19.8 Å². The van der Waals surface area contributed by atoms with Gasteiger partial charge in [-0.15, -0.1) is 0 Å². The molecule has 0 saturated carbocycles. The van der Waals surface area contributed by atoms with Crippen LogP contribution in [0, 0.1) is 5.82 Å². The van der Waals surface area contributed by atoms with Gasteiger partial charge >= 0.3 is 0 Å². The molecule has 3 rings (SSSR count). The van der Waals surface area contributed by atoms with E-state index in [1.54, 1.807) is 24.4 Å². The van der Waals surface area contributed by atoms with Gasteiger partial charge in [0.1, 0.15) is 11.6 Å². The molecule has 1 aromatic carbocycles. The van der Waals surface area contributed by atoms with Gasteiger partial charge in [-0.3, -0.25) is 0 Å². The zero-order valence-corrected chi connectivity index (χ0v) is 13.2. The maximum Gasteiger partial charge on any atom is 0.224 e. The Kier molecular flexibility index (Phi) is 5.22. The van der Waals surface area contributed by atoms with E-state index in [9.17, 15) is 4.39 Å². The lowest BCUT2D eigenvalue weighted by atomic mass is 10.2. The topological polar surface area (TPSA) is 73.0 Å². The van der Waals surface area contributed by atoms with E-state index in [-0.39, 0.29) is 5.82 Å². The first-order valence-electron chi connectivity index (χ1n) is 7.72. The van der Waals surface area contributed by atoms with Crippen molar-refractivity contribution in [2.45, 2.75) is 6.54 Å². The molecule has 1 aromatic heterocycles. The van der Waals surface area contributed by atoms with E-state index in [4.69, 9.17) is 15.2 Å². The molecule has 0 bridgehead atoms. The van der Waals surface area contributed by atoms with Gasteiger partial charge in [-0.2, -0.15) is 0 Å². The highest BCUT2D eigenvalue weighted by Crippen LogP contribution is 2.24. The van der Waals surface area contributed by atoms with Gasteiger partial charge in [0, 0.05) is 30.9 Å². The predicted octanol–water partition coefficient (Wildman–Crippen LogP) is 2.16. The fraction of sp³-hybridized carbons (Fsp3) is 0.294. The maximum absolute atomic E-state index is 13.3. The van der Waals surface area contributed by atoms with E-state index >= 15 is 0 Å². The van der Waals surface area contributed by atoms with Crippen molar-refractivity contribution in [3.63, 3.8) is 0 Å². The molecule has 1 saturated heterocycles. The average molecular weight is 330 g/mol. The van der Waals surface area contributed by atoms with Crippen molar-refractivity contribution >= 4 is 5.96 Å². The second kappa shape index (κ2) is 7.74. The summed E-state index contributed by atoms with van der Waals surface area (Å²) in [6, 6.07) is 9.59. The summed E-state index contributed by atoms with van der Waals surface area (Å²) in [7, 11) is 0. The Balaban J connectivity index is 1.72. The minimum atomic E-state index is -0.362. The molecule has 2 heterocycles. The highest BCUT2D eigenvalue weighted by atomic mass is 19.1. The van der Waals surface area contributed by atoms with Gasteiger partial charge < -0.3 is 20.1 Å². The quantitative estimate of drug-likeness (QED) is 0.687. The Morgan fingerprint density at radius 1 is 1.29 bits per heavy atom. The van der Waals surface area contributed by atoms with Crippen molar-refractivity contribution in [3.8, 4) is 11.6 Å². The first-order valence-corrected chi connectivity index (χ1v) is 7.72. The SMILES string of the molecule is NC(=NCc1cccnc1Oc1cccc(F)c1)N1CCOCC1. The lowest BCUT2D eigenvalue weighted by molar-refractivity contribution is 0.0674. The van der Waals surface area contributed by atoms with Crippen LogP contribution in [0.15, 0.2) is 47.6 Å². The highest BCUT2D eigenvalue weighted by Gasteiger charge is 2.13. The number of benzene rings is 1.